The highest BCUT2D eigenvalue weighted by Gasteiger charge is 2.08. The van der Waals surface area contributed by atoms with Gasteiger partial charge in [-0.1, -0.05) is 39.0 Å². The Morgan fingerprint density at radius 3 is 2.45 bits per heavy atom. The Labute approximate surface area is 120 Å². The number of benzene rings is 1. The minimum absolute atomic E-state index is 0.297. The summed E-state index contributed by atoms with van der Waals surface area (Å²) in [6, 6.07) is 10.2. The third kappa shape index (κ3) is 3.26. The maximum Gasteiger partial charge on any atom is 0.136 e. The summed E-state index contributed by atoms with van der Waals surface area (Å²) in [5.74, 6) is 2.80. The molecule has 0 saturated heterocycles. The van der Waals surface area contributed by atoms with Gasteiger partial charge in [-0.3, -0.25) is 0 Å². The lowest BCUT2D eigenvalue weighted by Gasteiger charge is -2.13. The molecule has 4 heteroatoms. The third-order valence-corrected chi connectivity index (χ3v) is 3.18. The van der Waals surface area contributed by atoms with Crippen molar-refractivity contribution in [3.8, 4) is 0 Å². The van der Waals surface area contributed by atoms with E-state index in [9.17, 15) is 0 Å². The molecule has 0 atom stereocenters. The van der Waals surface area contributed by atoms with Gasteiger partial charge < -0.3 is 10.6 Å². The van der Waals surface area contributed by atoms with E-state index in [2.05, 4.69) is 59.6 Å². The van der Waals surface area contributed by atoms with Crippen molar-refractivity contribution in [2.24, 2.45) is 0 Å². The zero-order chi connectivity index (χ0) is 14.5. The van der Waals surface area contributed by atoms with E-state index in [4.69, 9.17) is 0 Å². The minimum atomic E-state index is 0.297. The van der Waals surface area contributed by atoms with E-state index in [0.717, 1.165) is 29.6 Å². The molecule has 0 radical (unpaired) electrons. The molecular weight excluding hydrogens is 248 g/mol. The van der Waals surface area contributed by atoms with Crippen LogP contribution in [0.25, 0.3) is 0 Å². The lowest BCUT2D eigenvalue weighted by atomic mass is 10.1. The summed E-state index contributed by atoms with van der Waals surface area (Å²) in [6.07, 6.45) is 0.990. The van der Waals surface area contributed by atoms with Gasteiger partial charge in [0.25, 0.3) is 0 Å². The zero-order valence-electron chi connectivity index (χ0n) is 12.6. The van der Waals surface area contributed by atoms with Crippen LogP contribution in [0.4, 0.5) is 17.3 Å². The lowest BCUT2D eigenvalue weighted by Crippen LogP contribution is -2.05. The SMILES string of the molecule is CCc1ccccc1Nc1cc(NC)nc(C(C)C)n1. The third-order valence-electron chi connectivity index (χ3n) is 3.18. The minimum Gasteiger partial charge on any atom is -0.373 e. The highest BCUT2D eigenvalue weighted by molar-refractivity contribution is 5.62. The van der Waals surface area contributed by atoms with Crippen molar-refractivity contribution in [1.29, 1.82) is 0 Å². The molecule has 0 bridgehead atoms. The van der Waals surface area contributed by atoms with Crippen molar-refractivity contribution in [2.75, 3.05) is 17.7 Å². The fourth-order valence-electron chi connectivity index (χ4n) is 2.00. The Hall–Kier alpha value is -2.10. The first-order valence-electron chi connectivity index (χ1n) is 7.05. The fraction of sp³-hybridized carbons (Fsp3) is 0.375. The second kappa shape index (κ2) is 6.37. The van der Waals surface area contributed by atoms with Crippen LogP contribution >= 0.6 is 0 Å². The predicted octanol–water partition coefficient (Wildman–Crippen LogP) is 3.95. The second-order valence-corrected chi connectivity index (χ2v) is 5.04. The van der Waals surface area contributed by atoms with Crippen LogP contribution in [0.2, 0.25) is 0 Å². The molecule has 0 amide bonds. The molecule has 0 spiro atoms. The molecule has 0 aliphatic rings. The molecule has 4 nitrogen and oxygen atoms in total. The first kappa shape index (κ1) is 14.3. The van der Waals surface area contributed by atoms with Gasteiger partial charge in [-0.25, -0.2) is 9.97 Å². The zero-order valence-corrected chi connectivity index (χ0v) is 12.6. The van der Waals surface area contributed by atoms with E-state index < -0.39 is 0 Å². The van der Waals surface area contributed by atoms with E-state index in [1.807, 2.05) is 19.2 Å². The van der Waals surface area contributed by atoms with Crippen molar-refractivity contribution in [2.45, 2.75) is 33.1 Å². The summed E-state index contributed by atoms with van der Waals surface area (Å²) >= 11 is 0. The van der Waals surface area contributed by atoms with Crippen molar-refractivity contribution >= 4 is 17.3 Å². The van der Waals surface area contributed by atoms with E-state index >= 15 is 0 Å². The summed E-state index contributed by atoms with van der Waals surface area (Å²) in [6.45, 7) is 6.34. The number of nitrogens with one attached hydrogen (secondary N) is 2. The molecule has 20 heavy (non-hydrogen) atoms. The molecule has 0 saturated carbocycles. The number of hydrogen-bond donors (Lipinski definition) is 2. The van der Waals surface area contributed by atoms with Gasteiger partial charge in [-0.15, -0.1) is 0 Å². The summed E-state index contributed by atoms with van der Waals surface area (Å²) in [4.78, 5) is 9.06. The number of aromatic nitrogens is 2. The smallest absolute Gasteiger partial charge is 0.136 e. The van der Waals surface area contributed by atoms with Crippen LogP contribution in [-0.2, 0) is 6.42 Å². The van der Waals surface area contributed by atoms with Crippen LogP contribution in [0.15, 0.2) is 30.3 Å². The maximum absolute atomic E-state index is 4.59. The first-order valence-corrected chi connectivity index (χ1v) is 7.05. The molecule has 0 unspecified atom stereocenters. The van der Waals surface area contributed by atoms with Crippen molar-refractivity contribution in [3.63, 3.8) is 0 Å². The summed E-state index contributed by atoms with van der Waals surface area (Å²) in [5, 5.41) is 6.49. The quantitative estimate of drug-likeness (QED) is 0.863. The largest absolute Gasteiger partial charge is 0.373 e. The monoisotopic (exact) mass is 270 g/mol. The van der Waals surface area contributed by atoms with Gasteiger partial charge in [0.1, 0.15) is 17.5 Å². The molecule has 0 fully saturated rings. The van der Waals surface area contributed by atoms with Crippen molar-refractivity contribution in [1.82, 2.24) is 9.97 Å². The van der Waals surface area contributed by atoms with Crippen LogP contribution in [0.3, 0.4) is 0 Å². The number of anilines is 3. The number of para-hydroxylation sites is 1. The normalized spacial score (nSPS) is 10.7. The Kier molecular flexibility index (Phi) is 4.56. The van der Waals surface area contributed by atoms with Gasteiger partial charge in [0.15, 0.2) is 0 Å². The second-order valence-electron chi connectivity index (χ2n) is 5.04. The highest BCUT2D eigenvalue weighted by Crippen LogP contribution is 2.23. The molecule has 0 aliphatic heterocycles. The molecule has 2 rings (SSSR count). The molecular formula is C16H22N4. The van der Waals surface area contributed by atoms with Crippen LogP contribution in [0.5, 0.6) is 0 Å². The van der Waals surface area contributed by atoms with Gasteiger partial charge in [-0.05, 0) is 18.1 Å². The van der Waals surface area contributed by atoms with Gasteiger partial charge in [-0.2, -0.15) is 0 Å². The van der Waals surface area contributed by atoms with Crippen LogP contribution in [0, 0.1) is 0 Å². The average molecular weight is 270 g/mol. The van der Waals surface area contributed by atoms with Crippen molar-refractivity contribution < 1.29 is 0 Å². The molecule has 1 aromatic heterocycles. The van der Waals surface area contributed by atoms with Crippen LogP contribution < -0.4 is 10.6 Å². The molecule has 1 aromatic carbocycles. The number of rotatable bonds is 5. The van der Waals surface area contributed by atoms with E-state index in [-0.39, 0.29) is 0 Å². The summed E-state index contributed by atoms with van der Waals surface area (Å²) < 4.78 is 0. The van der Waals surface area contributed by atoms with Crippen LogP contribution in [-0.4, -0.2) is 17.0 Å². The Balaban J connectivity index is 2.35. The van der Waals surface area contributed by atoms with Crippen LogP contribution in [0.1, 0.15) is 38.1 Å². The standard InChI is InChI=1S/C16H22N4/c1-5-12-8-6-7-9-13(12)18-15-10-14(17-4)19-16(20-15)11(2)3/h6-11H,5H2,1-4H3,(H2,17,18,19,20). The maximum atomic E-state index is 4.59. The molecule has 2 N–H and O–H groups in total. The topological polar surface area (TPSA) is 49.8 Å². The van der Waals surface area contributed by atoms with E-state index in [1.165, 1.54) is 5.56 Å². The molecule has 106 valence electrons. The van der Waals surface area contributed by atoms with Gasteiger partial charge in [0.2, 0.25) is 0 Å². The fourth-order valence-corrected chi connectivity index (χ4v) is 2.00. The highest BCUT2D eigenvalue weighted by atomic mass is 15.1. The van der Waals surface area contributed by atoms with E-state index in [1.54, 1.807) is 0 Å². The average Bonchev–Trinajstić information content (AvgIpc) is 2.47. The number of nitrogens with zero attached hydrogens (tertiary/aromatic N) is 2. The first-order chi connectivity index (χ1) is 9.63. The Morgan fingerprint density at radius 1 is 1.10 bits per heavy atom. The summed E-state index contributed by atoms with van der Waals surface area (Å²) in [5.41, 5.74) is 2.38. The number of aryl methyl sites for hydroxylation is 1. The Bertz CT molecular complexity index is 578. The van der Waals surface area contributed by atoms with Gasteiger partial charge >= 0.3 is 0 Å². The molecule has 1 heterocycles. The molecule has 0 aliphatic carbocycles. The molecule has 2 aromatic rings. The Morgan fingerprint density at radius 2 is 1.80 bits per heavy atom. The van der Waals surface area contributed by atoms with E-state index in [0.29, 0.717) is 5.92 Å². The summed E-state index contributed by atoms with van der Waals surface area (Å²) in [7, 11) is 1.87. The lowest BCUT2D eigenvalue weighted by molar-refractivity contribution is 0.778. The predicted molar refractivity (Wildman–Crippen MR) is 84.8 cm³/mol. The van der Waals surface area contributed by atoms with Gasteiger partial charge in [0.05, 0.1) is 0 Å². The number of hydrogen-bond acceptors (Lipinski definition) is 4. The van der Waals surface area contributed by atoms with Crippen molar-refractivity contribution in [3.05, 3.63) is 41.7 Å². The van der Waals surface area contributed by atoms with Gasteiger partial charge in [0, 0.05) is 24.7 Å².